The minimum absolute atomic E-state index is 0.467. The molecule has 2 rings (SSSR count). The summed E-state index contributed by atoms with van der Waals surface area (Å²) in [6.07, 6.45) is 9.47. The molecule has 0 spiro atoms. The van der Waals surface area contributed by atoms with Crippen molar-refractivity contribution < 1.29 is 0 Å². The lowest BCUT2D eigenvalue weighted by Crippen LogP contribution is -2.34. The molecule has 2 unspecified atom stereocenters. The lowest BCUT2D eigenvalue weighted by molar-refractivity contribution is 0.274. The summed E-state index contributed by atoms with van der Waals surface area (Å²) in [5.41, 5.74) is 5.91. The molecule has 2 nitrogen and oxygen atoms in total. The van der Waals surface area contributed by atoms with E-state index in [1.807, 2.05) is 0 Å². The van der Waals surface area contributed by atoms with E-state index in [4.69, 9.17) is 5.73 Å². The van der Waals surface area contributed by atoms with Gasteiger partial charge in [-0.2, -0.15) is 0 Å². The fourth-order valence-electron chi connectivity index (χ4n) is 3.07. The molecule has 0 aromatic carbocycles. The zero-order chi connectivity index (χ0) is 10.7. The lowest BCUT2D eigenvalue weighted by Gasteiger charge is -2.27. The van der Waals surface area contributed by atoms with Crippen molar-refractivity contribution >= 4 is 0 Å². The number of nitrogens with two attached hydrogens (primary N) is 1. The summed E-state index contributed by atoms with van der Waals surface area (Å²) in [7, 11) is 0. The molecular formula is C13H26N2. The molecule has 0 radical (unpaired) electrons. The maximum Gasteiger partial charge on any atom is 0.00824 e. The summed E-state index contributed by atoms with van der Waals surface area (Å²) in [5.74, 6) is 1.92. The summed E-state index contributed by atoms with van der Waals surface area (Å²) in [4.78, 5) is 0. The lowest BCUT2D eigenvalue weighted by atomic mass is 9.83. The molecule has 0 aliphatic heterocycles. The van der Waals surface area contributed by atoms with Gasteiger partial charge in [-0.15, -0.1) is 0 Å². The number of nitrogens with one attached hydrogen (secondary N) is 1. The van der Waals surface area contributed by atoms with Gasteiger partial charge in [-0.1, -0.05) is 19.8 Å². The van der Waals surface area contributed by atoms with Crippen LogP contribution in [0, 0.1) is 11.8 Å². The molecule has 88 valence electrons. The van der Waals surface area contributed by atoms with Gasteiger partial charge in [0.2, 0.25) is 0 Å². The summed E-state index contributed by atoms with van der Waals surface area (Å²) in [6, 6.07) is 1.19. The Kier molecular flexibility index (Phi) is 4.04. The van der Waals surface area contributed by atoms with Crippen molar-refractivity contribution in [3.8, 4) is 0 Å². The van der Waals surface area contributed by atoms with E-state index in [-0.39, 0.29) is 0 Å². The quantitative estimate of drug-likeness (QED) is 0.750. The van der Waals surface area contributed by atoms with Gasteiger partial charge in [-0.3, -0.25) is 0 Å². The second-order valence-corrected chi connectivity index (χ2v) is 5.80. The third-order valence-corrected chi connectivity index (χ3v) is 4.30. The second-order valence-electron chi connectivity index (χ2n) is 5.80. The highest BCUT2D eigenvalue weighted by Crippen LogP contribution is 2.28. The average molecular weight is 210 g/mol. The van der Waals surface area contributed by atoms with E-state index in [0.717, 1.165) is 17.9 Å². The topological polar surface area (TPSA) is 38.0 Å². The second kappa shape index (κ2) is 5.31. The predicted molar refractivity (Wildman–Crippen MR) is 64.7 cm³/mol. The Morgan fingerprint density at radius 3 is 2.40 bits per heavy atom. The summed E-state index contributed by atoms with van der Waals surface area (Å²) < 4.78 is 0. The van der Waals surface area contributed by atoms with Gasteiger partial charge in [0.05, 0.1) is 0 Å². The first kappa shape index (κ1) is 11.4. The highest BCUT2D eigenvalue weighted by molar-refractivity contribution is 4.83. The van der Waals surface area contributed by atoms with Crippen LogP contribution in [0.5, 0.6) is 0 Å². The first-order chi connectivity index (χ1) is 7.24. The van der Waals surface area contributed by atoms with Crippen molar-refractivity contribution in [2.24, 2.45) is 17.6 Å². The first-order valence-electron chi connectivity index (χ1n) is 6.73. The summed E-state index contributed by atoms with van der Waals surface area (Å²) in [6.45, 7) is 3.63. The zero-order valence-electron chi connectivity index (χ0n) is 10.0. The molecule has 2 saturated carbocycles. The van der Waals surface area contributed by atoms with Crippen molar-refractivity contribution in [1.82, 2.24) is 5.32 Å². The molecule has 2 heteroatoms. The van der Waals surface area contributed by atoms with Crippen LogP contribution in [0.15, 0.2) is 0 Å². The number of hydrogen-bond acceptors (Lipinski definition) is 2. The predicted octanol–water partition coefficient (Wildman–Crippen LogP) is 2.28. The monoisotopic (exact) mass is 210 g/mol. The van der Waals surface area contributed by atoms with E-state index in [1.54, 1.807) is 0 Å². The van der Waals surface area contributed by atoms with Crippen LogP contribution in [0.2, 0.25) is 0 Å². The van der Waals surface area contributed by atoms with Crippen LogP contribution in [-0.2, 0) is 0 Å². The van der Waals surface area contributed by atoms with Crippen molar-refractivity contribution in [3.05, 3.63) is 0 Å². The van der Waals surface area contributed by atoms with Gasteiger partial charge in [0, 0.05) is 12.1 Å². The van der Waals surface area contributed by atoms with E-state index >= 15 is 0 Å². The van der Waals surface area contributed by atoms with Crippen LogP contribution in [0.4, 0.5) is 0 Å². The molecule has 0 saturated heterocycles. The van der Waals surface area contributed by atoms with Gasteiger partial charge in [0.25, 0.3) is 0 Å². The van der Waals surface area contributed by atoms with Gasteiger partial charge in [0.1, 0.15) is 0 Å². The SMILES string of the molecule is CC1CCC(CNC2CCC(N)C2)CC1. The third-order valence-electron chi connectivity index (χ3n) is 4.30. The van der Waals surface area contributed by atoms with Crippen LogP contribution >= 0.6 is 0 Å². The molecule has 2 fully saturated rings. The normalized spacial score (nSPS) is 42.0. The molecule has 15 heavy (non-hydrogen) atoms. The van der Waals surface area contributed by atoms with E-state index in [9.17, 15) is 0 Å². The third kappa shape index (κ3) is 3.46. The highest BCUT2D eigenvalue weighted by Gasteiger charge is 2.23. The van der Waals surface area contributed by atoms with Gasteiger partial charge in [0.15, 0.2) is 0 Å². The molecule has 2 aliphatic rings. The molecule has 0 aromatic heterocycles. The van der Waals surface area contributed by atoms with Crippen LogP contribution in [-0.4, -0.2) is 18.6 Å². The van der Waals surface area contributed by atoms with Crippen LogP contribution < -0.4 is 11.1 Å². The molecule has 0 bridgehead atoms. The maximum atomic E-state index is 5.91. The summed E-state index contributed by atoms with van der Waals surface area (Å²) >= 11 is 0. The molecule has 0 heterocycles. The Labute approximate surface area is 94.0 Å². The average Bonchev–Trinajstić information content (AvgIpc) is 2.64. The molecule has 0 amide bonds. The van der Waals surface area contributed by atoms with Crippen LogP contribution in [0.1, 0.15) is 51.9 Å². The first-order valence-corrected chi connectivity index (χ1v) is 6.73. The molecular weight excluding hydrogens is 184 g/mol. The summed E-state index contributed by atoms with van der Waals surface area (Å²) in [5, 5.41) is 3.72. The zero-order valence-corrected chi connectivity index (χ0v) is 10.0. The standard InChI is InChI=1S/C13H26N2/c1-10-2-4-11(5-3-10)9-15-13-7-6-12(14)8-13/h10-13,15H,2-9,14H2,1H3. The van der Waals surface area contributed by atoms with Crippen molar-refractivity contribution in [2.75, 3.05) is 6.54 Å². The van der Waals surface area contributed by atoms with Gasteiger partial charge in [-0.05, 0) is 50.5 Å². The van der Waals surface area contributed by atoms with Crippen molar-refractivity contribution in [3.63, 3.8) is 0 Å². The smallest absolute Gasteiger partial charge is 0.00824 e. The Balaban J connectivity index is 1.61. The van der Waals surface area contributed by atoms with Gasteiger partial charge >= 0.3 is 0 Å². The fourth-order valence-corrected chi connectivity index (χ4v) is 3.07. The Morgan fingerprint density at radius 1 is 1.07 bits per heavy atom. The highest BCUT2D eigenvalue weighted by atomic mass is 14.9. The number of hydrogen-bond donors (Lipinski definition) is 2. The number of rotatable bonds is 3. The minimum Gasteiger partial charge on any atom is -0.328 e. The van der Waals surface area contributed by atoms with Gasteiger partial charge in [-0.25, -0.2) is 0 Å². The molecule has 0 aromatic rings. The van der Waals surface area contributed by atoms with E-state index < -0.39 is 0 Å². The minimum atomic E-state index is 0.467. The molecule has 2 aliphatic carbocycles. The molecule has 3 N–H and O–H groups in total. The largest absolute Gasteiger partial charge is 0.328 e. The van der Waals surface area contributed by atoms with Crippen LogP contribution in [0.25, 0.3) is 0 Å². The fraction of sp³-hybridized carbons (Fsp3) is 1.00. The maximum absolute atomic E-state index is 5.91. The van der Waals surface area contributed by atoms with Crippen LogP contribution in [0.3, 0.4) is 0 Å². The van der Waals surface area contributed by atoms with Crippen molar-refractivity contribution in [1.29, 1.82) is 0 Å². The van der Waals surface area contributed by atoms with E-state index in [0.29, 0.717) is 6.04 Å². The van der Waals surface area contributed by atoms with Gasteiger partial charge < -0.3 is 11.1 Å². The Morgan fingerprint density at radius 2 is 1.80 bits per heavy atom. The molecule has 2 atom stereocenters. The Hall–Kier alpha value is -0.0800. The van der Waals surface area contributed by atoms with E-state index in [1.165, 1.54) is 51.5 Å². The van der Waals surface area contributed by atoms with Crippen molar-refractivity contribution in [2.45, 2.75) is 64.0 Å². The Bertz CT molecular complexity index is 185. The van der Waals surface area contributed by atoms with E-state index in [2.05, 4.69) is 12.2 Å².